The number of carbonyl (C=O) groups excluding carboxylic acids is 1. The molecule has 2 rings (SSSR count). The van der Waals surface area contributed by atoms with E-state index < -0.39 is 10.0 Å². The van der Waals surface area contributed by atoms with Crippen LogP contribution in [0.5, 0.6) is 0 Å². The van der Waals surface area contributed by atoms with Gasteiger partial charge in [-0.2, -0.15) is 5.10 Å². The van der Waals surface area contributed by atoms with Crippen LogP contribution in [0.2, 0.25) is 5.15 Å². The predicted molar refractivity (Wildman–Crippen MR) is 89.3 cm³/mol. The Morgan fingerprint density at radius 3 is 2.30 bits per heavy atom. The summed E-state index contributed by atoms with van der Waals surface area (Å²) in [4.78, 5) is 12.7. The molecule has 0 radical (unpaired) electrons. The first-order valence-electron chi connectivity index (χ1n) is 6.69. The van der Waals surface area contributed by atoms with Crippen LogP contribution in [-0.4, -0.2) is 31.2 Å². The fourth-order valence-corrected chi connectivity index (χ4v) is 3.87. The van der Waals surface area contributed by atoms with Gasteiger partial charge in [0.15, 0.2) is 0 Å². The number of rotatable bonds is 4. The maximum Gasteiger partial charge on any atom is 0.266 e. The summed E-state index contributed by atoms with van der Waals surface area (Å²) in [5.41, 5.74) is 1.35. The molecule has 2 aromatic rings. The summed E-state index contributed by atoms with van der Waals surface area (Å²) in [6.07, 6.45) is 0. The number of nitrogens with one attached hydrogen (secondary N) is 1. The van der Waals surface area contributed by atoms with Gasteiger partial charge in [-0.25, -0.2) is 8.42 Å². The average Bonchev–Trinajstić information content (AvgIpc) is 2.72. The molecule has 23 heavy (non-hydrogen) atoms. The SMILES string of the molecule is CC(=O)N(C)c1ccc(NS(=O)(=O)c2c(C)nn(C)c2Cl)cc1. The second-order valence-electron chi connectivity index (χ2n) is 5.06. The summed E-state index contributed by atoms with van der Waals surface area (Å²) in [6.45, 7) is 3.02. The molecule has 1 aromatic carbocycles. The molecule has 0 unspecified atom stereocenters. The lowest BCUT2D eigenvalue weighted by atomic mass is 10.2. The van der Waals surface area contributed by atoms with Gasteiger partial charge >= 0.3 is 0 Å². The minimum Gasteiger partial charge on any atom is -0.316 e. The second kappa shape index (κ2) is 6.21. The molecular formula is C14H17ClN4O3S. The largest absolute Gasteiger partial charge is 0.316 e. The number of amides is 1. The van der Waals surface area contributed by atoms with E-state index in [4.69, 9.17) is 11.6 Å². The predicted octanol–water partition coefficient (Wildman–Crippen LogP) is 2.17. The summed E-state index contributed by atoms with van der Waals surface area (Å²) in [6, 6.07) is 6.45. The number of aromatic nitrogens is 2. The Morgan fingerprint density at radius 2 is 1.87 bits per heavy atom. The molecule has 0 bridgehead atoms. The van der Waals surface area contributed by atoms with Crippen molar-refractivity contribution in [3.05, 3.63) is 35.1 Å². The molecule has 1 aromatic heterocycles. The monoisotopic (exact) mass is 356 g/mol. The van der Waals surface area contributed by atoms with E-state index in [-0.39, 0.29) is 16.0 Å². The molecule has 0 aliphatic rings. The van der Waals surface area contributed by atoms with Crippen molar-refractivity contribution >= 4 is 38.9 Å². The zero-order valence-corrected chi connectivity index (χ0v) is 14.7. The van der Waals surface area contributed by atoms with E-state index in [1.165, 1.54) is 16.5 Å². The zero-order chi connectivity index (χ0) is 17.4. The van der Waals surface area contributed by atoms with E-state index in [1.807, 2.05) is 0 Å². The number of sulfonamides is 1. The van der Waals surface area contributed by atoms with Gasteiger partial charge < -0.3 is 4.90 Å². The van der Waals surface area contributed by atoms with Gasteiger partial charge in [0.2, 0.25) is 5.91 Å². The van der Waals surface area contributed by atoms with E-state index in [1.54, 1.807) is 45.3 Å². The van der Waals surface area contributed by atoms with E-state index in [9.17, 15) is 13.2 Å². The molecule has 1 amide bonds. The van der Waals surface area contributed by atoms with Crippen molar-refractivity contribution in [3.63, 3.8) is 0 Å². The van der Waals surface area contributed by atoms with Crippen LogP contribution in [0.25, 0.3) is 0 Å². The third kappa shape index (κ3) is 3.48. The lowest BCUT2D eigenvalue weighted by Gasteiger charge is -2.15. The highest BCUT2D eigenvalue weighted by atomic mass is 35.5. The third-order valence-electron chi connectivity index (χ3n) is 3.35. The summed E-state index contributed by atoms with van der Waals surface area (Å²) in [5, 5.41) is 4.04. The quantitative estimate of drug-likeness (QED) is 0.909. The molecule has 1 N–H and O–H groups in total. The first-order chi connectivity index (χ1) is 10.6. The summed E-state index contributed by atoms with van der Waals surface area (Å²) in [7, 11) is -0.640. The van der Waals surface area contributed by atoms with Crippen molar-refractivity contribution in [2.75, 3.05) is 16.7 Å². The summed E-state index contributed by atoms with van der Waals surface area (Å²) in [5.74, 6) is -0.115. The molecule has 0 fully saturated rings. The standard InChI is InChI=1S/C14H17ClN4O3S/c1-9-13(14(15)19(4)16-9)23(21,22)17-11-5-7-12(8-6-11)18(3)10(2)20/h5-8,17H,1-4H3. The summed E-state index contributed by atoms with van der Waals surface area (Å²) < 4.78 is 28.7. The molecule has 9 heteroatoms. The molecule has 7 nitrogen and oxygen atoms in total. The van der Waals surface area contributed by atoms with Crippen molar-refractivity contribution in [1.29, 1.82) is 0 Å². The molecule has 0 saturated heterocycles. The van der Waals surface area contributed by atoms with E-state index in [2.05, 4.69) is 9.82 Å². The van der Waals surface area contributed by atoms with Gasteiger partial charge in [-0.1, -0.05) is 11.6 Å². The van der Waals surface area contributed by atoms with Crippen LogP contribution >= 0.6 is 11.6 Å². The molecule has 0 spiro atoms. The average molecular weight is 357 g/mol. The lowest BCUT2D eigenvalue weighted by Crippen LogP contribution is -2.22. The number of carbonyl (C=O) groups is 1. The van der Waals surface area contributed by atoms with Crippen molar-refractivity contribution < 1.29 is 13.2 Å². The molecule has 1 heterocycles. The molecule has 0 saturated carbocycles. The lowest BCUT2D eigenvalue weighted by molar-refractivity contribution is -0.116. The van der Waals surface area contributed by atoms with Crippen LogP contribution in [-0.2, 0) is 21.9 Å². The number of aryl methyl sites for hydroxylation is 2. The van der Waals surface area contributed by atoms with Gasteiger partial charge in [0.1, 0.15) is 10.0 Å². The zero-order valence-electron chi connectivity index (χ0n) is 13.2. The highest BCUT2D eigenvalue weighted by Crippen LogP contribution is 2.27. The topological polar surface area (TPSA) is 84.3 Å². The maximum atomic E-state index is 12.5. The van der Waals surface area contributed by atoms with Crippen molar-refractivity contribution in [2.24, 2.45) is 7.05 Å². The van der Waals surface area contributed by atoms with Gasteiger partial charge in [-0.3, -0.25) is 14.2 Å². The normalized spacial score (nSPS) is 11.3. The van der Waals surface area contributed by atoms with Crippen molar-refractivity contribution in [1.82, 2.24) is 9.78 Å². The highest BCUT2D eigenvalue weighted by molar-refractivity contribution is 7.92. The van der Waals surface area contributed by atoms with Crippen LogP contribution in [0.4, 0.5) is 11.4 Å². The fraction of sp³-hybridized carbons (Fsp3) is 0.286. The molecular weight excluding hydrogens is 340 g/mol. The number of anilines is 2. The summed E-state index contributed by atoms with van der Waals surface area (Å²) >= 11 is 6.00. The van der Waals surface area contributed by atoms with Crippen LogP contribution in [0.15, 0.2) is 29.2 Å². The number of nitrogens with zero attached hydrogens (tertiary/aromatic N) is 3. The third-order valence-corrected chi connectivity index (χ3v) is 5.42. The smallest absolute Gasteiger partial charge is 0.266 e. The van der Waals surface area contributed by atoms with Gasteiger partial charge in [0.25, 0.3) is 10.0 Å². The second-order valence-corrected chi connectivity index (χ2v) is 7.04. The first-order valence-corrected chi connectivity index (χ1v) is 8.56. The number of hydrogen-bond donors (Lipinski definition) is 1. The Labute approximate surface area is 139 Å². The highest BCUT2D eigenvalue weighted by Gasteiger charge is 2.25. The Balaban J connectivity index is 2.29. The van der Waals surface area contributed by atoms with Crippen LogP contribution < -0.4 is 9.62 Å². The number of benzene rings is 1. The Bertz CT molecular complexity index is 844. The van der Waals surface area contributed by atoms with E-state index in [0.717, 1.165) is 0 Å². The van der Waals surface area contributed by atoms with Crippen LogP contribution in [0.1, 0.15) is 12.6 Å². The molecule has 0 atom stereocenters. The van der Waals surface area contributed by atoms with Gasteiger partial charge in [0, 0.05) is 32.4 Å². The molecule has 124 valence electrons. The molecule has 0 aliphatic heterocycles. The first kappa shape index (κ1) is 17.3. The minimum absolute atomic E-state index is 0.0444. The van der Waals surface area contributed by atoms with Crippen LogP contribution in [0.3, 0.4) is 0 Å². The Hall–Kier alpha value is -2.06. The number of hydrogen-bond acceptors (Lipinski definition) is 4. The molecule has 0 aliphatic carbocycles. The van der Waals surface area contributed by atoms with E-state index >= 15 is 0 Å². The van der Waals surface area contributed by atoms with Crippen molar-refractivity contribution in [3.8, 4) is 0 Å². The fourth-order valence-electron chi connectivity index (χ4n) is 2.06. The van der Waals surface area contributed by atoms with Crippen molar-refractivity contribution in [2.45, 2.75) is 18.7 Å². The number of halogens is 1. The Morgan fingerprint density at radius 1 is 1.30 bits per heavy atom. The van der Waals surface area contributed by atoms with Gasteiger partial charge in [-0.05, 0) is 31.2 Å². The maximum absolute atomic E-state index is 12.5. The van der Waals surface area contributed by atoms with Gasteiger partial charge in [0.05, 0.1) is 5.69 Å². The minimum atomic E-state index is -3.85. The van der Waals surface area contributed by atoms with Gasteiger partial charge in [-0.15, -0.1) is 0 Å². The van der Waals surface area contributed by atoms with E-state index in [0.29, 0.717) is 17.1 Å². The van der Waals surface area contributed by atoms with Crippen LogP contribution in [0, 0.1) is 6.92 Å². The Kier molecular flexibility index (Phi) is 4.67.